The summed E-state index contributed by atoms with van der Waals surface area (Å²) >= 11 is 0. The third-order valence-electron chi connectivity index (χ3n) is 11.6. The van der Waals surface area contributed by atoms with Gasteiger partial charge in [0.05, 0.1) is 11.4 Å². The molecule has 0 saturated heterocycles. The zero-order chi connectivity index (χ0) is 41.2. The maximum atomic E-state index is 4.99. The minimum atomic E-state index is 0.332. The molecule has 0 radical (unpaired) electrons. The largest absolute Gasteiger partial charge is 0.299 e. The second-order valence-electron chi connectivity index (χ2n) is 17.2. The minimum Gasteiger partial charge on any atom is -0.299 e. The van der Waals surface area contributed by atoms with E-state index < -0.39 is 0 Å². The van der Waals surface area contributed by atoms with Crippen LogP contribution in [0.3, 0.4) is 0 Å². The van der Waals surface area contributed by atoms with Crippen LogP contribution in [0.1, 0.15) is 112 Å². The van der Waals surface area contributed by atoms with E-state index >= 15 is 0 Å². The van der Waals surface area contributed by atoms with Crippen LogP contribution in [0.4, 0.5) is 0 Å². The lowest BCUT2D eigenvalue weighted by molar-refractivity contribution is 0.807. The fourth-order valence-corrected chi connectivity index (χ4v) is 8.54. The van der Waals surface area contributed by atoms with Crippen molar-refractivity contribution in [2.24, 2.45) is 0 Å². The molecule has 0 fully saturated rings. The molecule has 2 heterocycles. The van der Waals surface area contributed by atoms with E-state index in [4.69, 9.17) is 9.97 Å². The monoisotopic (exact) mass is 772 g/mol. The van der Waals surface area contributed by atoms with Gasteiger partial charge < -0.3 is 0 Å². The Morgan fingerprint density at radius 3 is 1.05 bits per heavy atom. The summed E-state index contributed by atoms with van der Waals surface area (Å²) in [4.78, 5) is 9.98. The zero-order valence-electron chi connectivity index (χ0n) is 35.8. The standard InChI is InChI=1S/C55H56N4/c1-36(2)48-32-46(42-19-11-9-12-20-42)33-49(37(3)4)52(48)58-27-25-56-54(58)44-23-15-17-40(30-44)29-41-18-16-24-45(31-41)55-57-26-28-59(55)53-50(38(5)6)34-47(35-51(53)39(7)8)43-21-13-10-14-22-43/h9-28,30-39H,29H2,1-8H3. The Kier molecular flexibility index (Phi) is 11.3. The quantitative estimate of drug-likeness (QED) is 0.124. The molecule has 4 nitrogen and oxygen atoms in total. The van der Waals surface area contributed by atoms with Crippen molar-refractivity contribution in [3.05, 3.63) is 192 Å². The van der Waals surface area contributed by atoms with Gasteiger partial charge in [0.2, 0.25) is 0 Å². The van der Waals surface area contributed by atoms with E-state index in [-0.39, 0.29) is 0 Å². The van der Waals surface area contributed by atoms with E-state index in [1.807, 2.05) is 12.4 Å². The molecule has 8 aromatic rings. The Balaban J connectivity index is 1.14. The summed E-state index contributed by atoms with van der Waals surface area (Å²) in [6, 6.07) is 48.8. The Labute approximate surface area is 351 Å². The van der Waals surface area contributed by atoms with Gasteiger partial charge in [-0.25, -0.2) is 9.97 Å². The highest BCUT2D eigenvalue weighted by Crippen LogP contribution is 2.40. The van der Waals surface area contributed by atoms with E-state index in [0.717, 1.165) is 29.2 Å². The van der Waals surface area contributed by atoms with Crippen molar-refractivity contribution in [1.82, 2.24) is 19.1 Å². The predicted molar refractivity (Wildman–Crippen MR) is 248 cm³/mol. The van der Waals surface area contributed by atoms with Gasteiger partial charge in [-0.15, -0.1) is 0 Å². The van der Waals surface area contributed by atoms with Crippen LogP contribution in [0, 0.1) is 0 Å². The summed E-state index contributed by atoms with van der Waals surface area (Å²) in [6.45, 7) is 18.4. The second-order valence-corrected chi connectivity index (χ2v) is 17.2. The molecule has 296 valence electrons. The first-order valence-electron chi connectivity index (χ1n) is 21.3. The highest BCUT2D eigenvalue weighted by atomic mass is 15.1. The maximum Gasteiger partial charge on any atom is 0.144 e. The molecule has 4 heteroatoms. The molecule has 0 atom stereocenters. The van der Waals surface area contributed by atoms with E-state index in [2.05, 4.69) is 210 Å². The van der Waals surface area contributed by atoms with Crippen molar-refractivity contribution in [1.29, 1.82) is 0 Å². The first kappa shape index (κ1) is 39.6. The van der Waals surface area contributed by atoms with Gasteiger partial charge in [0.25, 0.3) is 0 Å². The number of rotatable bonds is 12. The van der Waals surface area contributed by atoms with Crippen LogP contribution < -0.4 is 0 Å². The fraction of sp³-hybridized carbons (Fsp3) is 0.236. The number of hydrogen-bond donors (Lipinski definition) is 0. The van der Waals surface area contributed by atoms with Gasteiger partial charge in [0, 0.05) is 35.9 Å². The lowest BCUT2D eigenvalue weighted by Gasteiger charge is -2.24. The normalized spacial score (nSPS) is 11.7. The maximum absolute atomic E-state index is 4.99. The van der Waals surface area contributed by atoms with Crippen LogP contribution in [-0.2, 0) is 6.42 Å². The zero-order valence-corrected chi connectivity index (χ0v) is 35.8. The summed E-state index contributed by atoms with van der Waals surface area (Å²) in [6.07, 6.45) is 8.94. The summed E-state index contributed by atoms with van der Waals surface area (Å²) < 4.78 is 4.64. The van der Waals surface area contributed by atoms with Gasteiger partial charge >= 0.3 is 0 Å². The average molecular weight is 773 g/mol. The summed E-state index contributed by atoms with van der Waals surface area (Å²) in [5.41, 5.74) is 17.5. The van der Waals surface area contributed by atoms with Gasteiger partial charge in [0.15, 0.2) is 0 Å². The predicted octanol–water partition coefficient (Wildman–Crippen LogP) is 14.8. The molecule has 0 aliphatic carbocycles. The van der Waals surface area contributed by atoms with Gasteiger partial charge in [-0.1, -0.05) is 152 Å². The minimum absolute atomic E-state index is 0.332. The van der Waals surface area contributed by atoms with Crippen molar-refractivity contribution in [2.75, 3.05) is 0 Å². The molecule has 0 spiro atoms. The molecular formula is C55H56N4. The number of aromatic nitrogens is 4. The van der Waals surface area contributed by atoms with E-state index in [9.17, 15) is 0 Å². The highest BCUT2D eigenvalue weighted by molar-refractivity contribution is 5.73. The third kappa shape index (κ3) is 8.10. The number of benzene rings is 6. The van der Waals surface area contributed by atoms with Crippen molar-refractivity contribution in [3.63, 3.8) is 0 Å². The molecular weight excluding hydrogens is 717 g/mol. The van der Waals surface area contributed by atoms with E-state index in [0.29, 0.717) is 23.7 Å². The van der Waals surface area contributed by atoms with Crippen molar-refractivity contribution in [2.45, 2.75) is 85.5 Å². The van der Waals surface area contributed by atoms with Gasteiger partial charge in [0.1, 0.15) is 11.6 Å². The molecule has 2 aromatic heterocycles. The molecule has 0 N–H and O–H groups in total. The van der Waals surface area contributed by atoms with Crippen LogP contribution in [0.15, 0.2) is 158 Å². The van der Waals surface area contributed by atoms with Crippen LogP contribution in [0.2, 0.25) is 0 Å². The molecule has 6 aromatic carbocycles. The van der Waals surface area contributed by atoms with E-state index in [1.165, 1.54) is 67.0 Å². The molecule has 59 heavy (non-hydrogen) atoms. The Morgan fingerprint density at radius 1 is 0.373 bits per heavy atom. The Morgan fingerprint density at radius 2 is 0.712 bits per heavy atom. The second kappa shape index (κ2) is 16.9. The van der Waals surface area contributed by atoms with Crippen molar-refractivity contribution < 1.29 is 0 Å². The fourth-order valence-electron chi connectivity index (χ4n) is 8.54. The van der Waals surface area contributed by atoms with Gasteiger partial charge in [-0.2, -0.15) is 0 Å². The number of hydrogen-bond acceptors (Lipinski definition) is 2. The Bertz CT molecular complexity index is 2450. The van der Waals surface area contributed by atoms with Crippen molar-refractivity contribution >= 4 is 0 Å². The third-order valence-corrected chi connectivity index (χ3v) is 11.6. The number of imidazole rings is 2. The van der Waals surface area contributed by atoms with E-state index in [1.54, 1.807) is 0 Å². The summed E-state index contributed by atoms with van der Waals surface area (Å²) in [5.74, 6) is 3.24. The van der Waals surface area contributed by atoms with Crippen LogP contribution in [0.25, 0.3) is 56.4 Å². The SMILES string of the molecule is CC(C)c1cc(-c2ccccc2)cc(C(C)C)c1-n1ccnc1-c1cccc(Cc2cccc(-c3nccn3-c3c(C(C)C)cc(-c4ccccc4)cc3C(C)C)c2)c1. The summed E-state index contributed by atoms with van der Waals surface area (Å²) in [5, 5.41) is 0. The summed E-state index contributed by atoms with van der Waals surface area (Å²) in [7, 11) is 0. The molecule has 0 saturated carbocycles. The first-order chi connectivity index (χ1) is 28.6. The molecule has 8 rings (SSSR count). The van der Waals surface area contributed by atoms with Crippen molar-refractivity contribution in [3.8, 4) is 56.4 Å². The number of nitrogens with zero attached hydrogens (tertiary/aromatic N) is 4. The molecule has 0 amide bonds. The lowest BCUT2D eigenvalue weighted by atomic mass is 9.88. The Hall–Kier alpha value is -6.26. The molecule has 0 aliphatic rings. The molecule has 0 unspecified atom stereocenters. The van der Waals surface area contributed by atoms with Crippen LogP contribution in [0.5, 0.6) is 0 Å². The van der Waals surface area contributed by atoms with Gasteiger partial charge in [-0.3, -0.25) is 9.13 Å². The van der Waals surface area contributed by atoms with Crippen LogP contribution >= 0.6 is 0 Å². The first-order valence-corrected chi connectivity index (χ1v) is 21.3. The molecule has 0 bridgehead atoms. The molecule has 0 aliphatic heterocycles. The lowest BCUT2D eigenvalue weighted by Crippen LogP contribution is -2.09. The smallest absolute Gasteiger partial charge is 0.144 e. The van der Waals surface area contributed by atoms with Crippen LogP contribution in [-0.4, -0.2) is 19.1 Å². The highest BCUT2D eigenvalue weighted by Gasteiger charge is 2.23. The topological polar surface area (TPSA) is 35.6 Å². The average Bonchev–Trinajstić information content (AvgIpc) is 3.94. The van der Waals surface area contributed by atoms with Gasteiger partial charge in [-0.05, 0) is 122 Å².